The summed E-state index contributed by atoms with van der Waals surface area (Å²) in [7, 11) is -3.46. The Morgan fingerprint density at radius 1 is 1.03 bits per heavy atom. The van der Waals surface area contributed by atoms with Crippen molar-refractivity contribution in [2.45, 2.75) is 17.2 Å². The fourth-order valence-electron chi connectivity index (χ4n) is 4.17. The van der Waals surface area contributed by atoms with Crippen LogP contribution in [0.1, 0.15) is 17.9 Å². The van der Waals surface area contributed by atoms with Crippen LogP contribution >= 0.6 is 0 Å². The van der Waals surface area contributed by atoms with Gasteiger partial charge in [-0.15, -0.1) is 0 Å². The Morgan fingerprint density at radius 2 is 1.81 bits per heavy atom. The number of pyridine rings is 1. The highest BCUT2D eigenvalue weighted by atomic mass is 32.2. The number of nitrogens with one attached hydrogen (secondary N) is 2. The Balaban J connectivity index is 1.24. The third-order valence-electron chi connectivity index (χ3n) is 6.06. The van der Waals surface area contributed by atoms with E-state index in [0.29, 0.717) is 31.1 Å². The number of carbonyl (C=O) groups excluding carboxylic acids is 1. The van der Waals surface area contributed by atoms with E-state index in [1.54, 1.807) is 24.5 Å². The molecular formula is C23H24N4O3S. The second-order valence-corrected chi connectivity index (χ2v) is 10.0. The summed E-state index contributed by atoms with van der Waals surface area (Å²) in [4.78, 5) is 17.1. The lowest BCUT2D eigenvalue weighted by molar-refractivity contribution is -0.117. The molecule has 2 unspecified atom stereocenters. The summed E-state index contributed by atoms with van der Waals surface area (Å²) in [6.07, 6.45) is 4.30. The zero-order chi connectivity index (χ0) is 21.4. The van der Waals surface area contributed by atoms with Gasteiger partial charge in [-0.2, -0.15) is 4.31 Å². The quantitative estimate of drug-likeness (QED) is 0.642. The third kappa shape index (κ3) is 4.06. The van der Waals surface area contributed by atoms with E-state index in [1.165, 1.54) is 4.31 Å². The molecule has 0 spiro atoms. The minimum Gasteiger partial charge on any atom is -0.326 e. The number of fused-ring (bicyclic) bond motifs is 1. The highest BCUT2D eigenvalue weighted by Gasteiger charge is 2.44. The van der Waals surface area contributed by atoms with E-state index in [1.807, 2.05) is 36.4 Å². The number of carbonyl (C=O) groups is 1. The summed E-state index contributed by atoms with van der Waals surface area (Å²) in [6.45, 7) is 2.31. The molecule has 31 heavy (non-hydrogen) atoms. The molecule has 2 aromatic carbocycles. The first-order valence-electron chi connectivity index (χ1n) is 10.5. The van der Waals surface area contributed by atoms with E-state index in [4.69, 9.17) is 0 Å². The van der Waals surface area contributed by atoms with Crippen molar-refractivity contribution in [3.8, 4) is 0 Å². The number of nitrogens with zero attached hydrogens (tertiary/aromatic N) is 2. The van der Waals surface area contributed by atoms with Gasteiger partial charge in [0.25, 0.3) is 0 Å². The zero-order valence-electron chi connectivity index (χ0n) is 17.0. The summed E-state index contributed by atoms with van der Waals surface area (Å²) in [6, 6.07) is 14.7. The second kappa shape index (κ2) is 8.03. The second-order valence-electron chi connectivity index (χ2n) is 8.10. The molecule has 8 heteroatoms. The van der Waals surface area contributed by atoms with Crippen LogP contribution in [0.4, 0.5) is 5.69 Å². The summed E-state index contributed by atoms with van der Waals surface area (Å²) >= 11 is 0. The minimum absolute atomic E-state index is 0.00378. The number of hydrogen-bond donors (Lipinski definition) is 2. The fraction of sp³-hybridized carbons (Fsp3) is 0.304. The monoisotopic (exact) mass is 436 g/mol. The molecule has 2 fully saturated rings. The molecule has 3 aromatic rings. The molecule has 160 valence electrons. The molecule has 2 heterocycles. The number of hydrogen-bond acceptors (Lipinski definition) is 5. The van der Waals surface area contributed by atoms with Gasteiger partial charge in [-0.05, 0) is 53.6 Å². The van der Waals surface area contributed by atoms with Crippen LogP contribution in [-0.4, -0.2) is 49.8 Å². The van der Waals surface area contributed by atoms with Crippen LogP contribution in [0.5, 0.6) is 0 Å². The Bertz CT molecular complexity index is 1220. The molecular weight excluding hydrogens is 412 g/mol. The lowest BCUT2D eigenvalue weighted by Crippen LogP contribution is -2.46. The number of rotatable bonds is 5. The van der Waals surface area contributed by atoms with Gasteiger partial charge in [0.05, 0.1) is 4.90 Å². The van der Waals surface area contributed by atoms with Gasteiger partial charge in [-0.3, -0.25) is 9.78 Å². The first-order chi connectivity index (χ1) is 15.0. The van der Waals surface area contributed by atoms with E-state index in [0.717, 1.165) is 28.4 Å². The number of anilines is 1. The average Bonchev–Trinajstić information content (AvgIpc) is 3.61. The van der Waals surface area contributed by atoms with Crippen molar-refractivity contribution in [3.05, 3.63) is 66.5 Å². The molecule has 2 aliphatic rings. The van der Waals surface area contributed by atoms with Gasteiger partial charge in [0.15, 0.2) is 0 Å². The van der Waals surface area contributed by atoms with Crippen LogP contribution in [0.2, 0.25) is 0 Å². The summed E-state index contributed by atoms with van der Waals surface area (Å²) < 4.78 is 27.1. The summed E-state index contributed by atoms with van der Waals surface area (Å²) in [5, 5.41) is 8.23. The van der Waals surface area contributed by atoms with Gasteiger partial charge in [0, 0.05) is 55.6 Å². The van der Waals surface area contributed by atoms with Crippen molar-refractivity contribution < 1.29 is 13.2 Å². The molecule has 5 rings (SSSR count). The molecule has 1 saturated carbocycles. The van der Waals surface area contributed by atoms with Gasteiger partial charge in [0.2, 0.25) is 15.9 Å². The molecule has 2 N–H and O–H groups in total. The molecule has 2 atom stereocenters. The highest BCUT2D eigenvalue weighted by Crippen LogP contribution is 2.48. The lowest BCUT2D eigenvalue weighted by atomic mass is 10.1. The molecule has 0 bridgehead atoms. The zero-order valence-corrected chi connectivity index (χ0v) is 17.8. The molecule has 0 radical (unpaired) electrons. The third-order valence-corrected chi connectivity index (χ3v) is 7.97. The predicted octanol–water partition coefficient (Wildman–Crippen LogP) is 2.57. The average molecular weight is 437 g/mol. The molecule has 1 amide bonds. The van der Waals surface area contributed by atoms with E-state index >= 15 is 0 Å². The van der Waals surface area contributed by atoms with Crippen LogP contribution in [0, 0.1) is 5.92 Å². The van der Waals surface area contributed by atoms with Gasteiger partial charge >= 0.3 is 0 Å². The van der Waals surface area contributed by atoms with E-state index < -0.39 is 10.0 Å². The van der Waals surface area contributed by atoms with Crippen molar-refractivity contribution in [2.75, 3.05) is 31.5 Å². The topological polar surface area (TPSA) is 91.4 Å². The smallest absolute Gasteiger partial charge is 0.243 e. The maximum atomic E-state index is 12.8. The van der Waals surface area contributed by atoms with Crippen LogP contribution in [0.25, 0.3) is 10.8 Å². The van der Waals surface area contributed by atoms with Crippen molar-refractivity contribution in [2.24, 2.45) is 5.92 Å². The number of aromatic nitrogens is 1. The minimum atomic E-state index is -3.46. The summed E-state index contributed by atoms with van der Waals surface area (Å²) in [5.41, 5.74) is 1.77. The van der Waals surface area contributed by atoms with Crippen LogP contribution in [-0.2, 0) is 14.8 Å². The largest absolute Gasteiger partial charge is 0.326 e. The normalized spacial score (nSPS) is 21.7. The number of piperazine rings is 1. The number of sulfonamides is 1. The van der Waals surface area contributed by atoms with E-state index in [2.05, 4.69) is 15.6 Å². The Labute approximate surface area is 181 Å². The highest BCUT2D eigenvalue weighted by molar-refractivity contribution is 7.89. The Hall–Kier alpha value is -2.81. The lowest BCUT2D eigenvalue weighted by Gasteiger charge is -2.26. The molecule has 7 nitrogen and oxygen atoms in total. The van der Waals surface area contributed by atoms with Crippen LogP contribution < -0.4 is 10.6 Å². The van der Waals surface area contributed by atoms with Gasteiger partial charge in [-0.25, -0.2) is 8.42 Å². The molecule has 1 aliphatic heterocycles. The standard InChI is InChI=1S/C23H24N4O3S/c28-23(26-19-4-1-18-15-25-8-7-17(18)13-19)22-14-21(22)16-2-5-20(6-3-16)31(29,30)27-11-9-24-10-12-27/h1-8,13,15,21-22,24H,9-12,14H2,(H,26,28). The van der Waals surface area contributed by atoms with Crippen molar-refractivity contribution in [3.63, 3.8) is 0 Å². The first kappa shape index (κ1) is 20.1. The predicted molar refractivity (Wildman–Crippen MR) is 119 cm³/mol. The summed E-state index contributed by atoms with van der Waals surface area (Å²) in [5.74, 6) is 0.0280. The van der Waals surface area contributed by atoms with Crippen molar-refractivity contribution >= 4 is 32.4 Å². The molecule has 1 aliphatic carbocycles. The van der Waals surface area contributed by atoms with Gasteiger partial charge < -0.3 is 10.6 Å². The maximum Gasteiger partial charge on any atom is 0.243 e. The van der Waals surface area contributed by atoms with Crippen molar-refractivity contribution in [1.82, 2.24) is 14.6 Å². The number of benzene rings is 2. The van der Waals surface area contributed by atoms with E-state index in [9.17, 15) is 13.2 Å². The molecule has 1 aromatic heterocycles. The maximum absolute atomic E-state index is 12.8. The van der Waals surface area contributed by atoms with Gasteiger partial charge in [0.1, 0.15) is 0 Å². The van der Waals surface area contributed by atoms with Crippen LogP contribution in [0.15, 0.2) is 65.8 Å². The Kier molecular flexibility index (Phi) is 5.21. The van der Waals surface area contributed by atoms with Gasteiger partial charge in [-0.1, -0.05) is 18.2 Å². The van der Waals surface area contributed by atoms with E-state index in [-0.39, 0.29) is 17.7 Å². The SMILES string of the molecule is O=C(Nc1ccc2cnccc2c1)C1CC1c1ccc(S(=O)(=O)N2CCNCC2)cc1. The Morgan fingerprint density at radius 3 is 2.58 bits per heavy atom. The fourth-order valence-corrected chi connectivity index (χ4v) is 5.61. The van der Waals surface area contributed by atoms with Crippen LogP contribution in [0.3, 0.4) is 0 Å². The number of amides is 1. The molecule has 1 saturated heterocycles. The van der Waals surface area contributed by atoms with Crippen molar-refractivity contribution in [1.29, 1.82) is 0 Å². The first-order valence-corrected chi connectivity index (χ1v) is 11.9.